The summed E-state index contributed by atoms with van der Waals surface area (Å²) < 4.78 is 0. The summed E-state index contributed by atoms with van der Waals surface area (Å²) in [5, 5.41) is 16.4. The fraction of sp³-hybridized carbons (Fsp3) is 0.263. The number of carbonyl (C=O) groups excluding carboxylic acids is 2. The van der Waals surface area contributed by atoms with Gasteiger partial charge in [-0.3, -0.25) is 19.7 Å². The molecule has 0 aliphatic rings. The van der Waals surface area contributed by atoms with Crippen LogP contribution in [-0.2, 0) is 4.79 Å². The molecule has 0 aliphatic carbocycles. The number of nitro groups is 1. The zero-order valence-corrected chi connectivity index (χ0v) is 14.9. The number of amides is 2. The quantitative estimate of drug-likeness (QED) is 0.600. The van der Waals surface area contributed by atoms with Gasteiger partial charge in [-0.05, 0) is 49.2 Å². The Kier molecular flexibility index (Phi) is 6.06. The van der Waals surface area contributed by atoms with Crippen LogP contribution in [0.4, 0.5) is 17.1 Å². The lowest BCUT2D eigenvalue weighted by atomic mass is 10.1. The van der Waals surface area contributed by atoms with Gasteiger partial charge in [-0.15, -0.1) is 0 Å². The topological polar surface area (TPSA) is 101 Å². The van der Waals surface area contributed by atoms with Crippen molar-refractivity contribution in [2.45, 2.75) is 27.2 Å². The highest BCUT2D eigenvalue weighted by Gasteiger charge is 2.14. The van der Waals surface area contributed by atoms with Gasteiger partial charge in [-0.2, -0.15) is 0 Å². The molecule has 0 heterocycles. The lowest BCUT2D eigenvalue weighted by molar-refractivity contribution is -0.385. The first kappa shape index (κ1) is 19.1. The molecule has 0 spiro atoms. The maximum Gasteiger partial charge on any atom is 0.272 e. The van der Waals surface area contributed by atoms with Gasteiger partial charge in [0.15, 0.2) is 0 Å². The van der Waals surface area contributed by atoms with E-state index in [4.69, 9.17) is 0 Å². The molecule has 0 radical (unpaired) electrons. The predicted molar refractivity (Wildman–Crippen MR) is 100 cm³/mol. The lowest BCUT2D eigenvalue weighted by Crippen LogP contribution is -2.14. The van der Waals surface area contributed by atoms with Gasteiger partial charge in [0.2, 0.25) is 5.91 Å². The van der Waals surface area contributed by atoms with E-state index in [2.05, 4.69) is 10.6 Å². The van der Waals surface area contributed by atoms with Gasteiger partial charge in [-0.1, -0.05) is 13.8 Å². The Labute approximate surface area is 151 Å². The summed E-state index contributed by atoms with van der Waals surface area (Å²) in [5.41, 5.74) is 1.95. The number of hydrogen-bond donors (Lipinski definition) is 2. The zero-order valence-electron chi connectivity index (χ0n) is 14.9. The van der Waals surface area contributed by atoms with Gasteiger partial charge in [0, 0.05) is 35.0 Å². The number of nitrogens with zero attached hydrogens (tertiary/aromatic N) is 1. The van der Waals surface area contributed by atoms with E-state index in [1.165, 1.54) is 18.2 Å². The predicted octanol–water partition coefficient (Wildman–Crippen LogP) is 4.14. The molecule has 2 aromatic carbocycles. The van der Waals surface area contributed by atoms with Gasteiger partial charge in [0.1, 0.15) is 0 Å². The van der Waals surface area contributed by atoms with Crippen LogP contribution >= 0.6 is 0 Å². The molecule has 136 valence electrons. The number of nitro benzene ring substituents is 1. The van der Waals surface area contributed by atoms with Crippen molar-refractivity contribution < 1.29 is 14.5 Å². The minimum atomic E-state index is -0.483. The van der Waals surface area contributed by atoms with Crippen molar-refractivity contribution in [3.8, 4) is 0 Å². The largest absolute Gasteiger partial charge is 0.326 e. The van der Waals surface area contributed by atoms with Crippen molar-refractivity contribution in [2.75, 3.05) is 10.6 Å². The second kappa shape index (κ2) is 8.24. The lowest BCUT2D eigenvalue weighted by Gasteiger charge is -2.09. The molecule has 0 aromatic heterocycles. The number of rotatable bonds is 6. The average molecular weight is 355 g/mol. The zero-order chi connectivity index (χ0) is 19.3. The van der Waals surface area contributed by atoms with Crippen molar-refractivity contribution in [3.63, 3.8) is 0 Å². The van der Waals surface area contributed by atoms with Crippen LogP contribution in [0.3, 0.4) is 0 Å². The summed E-state index contributed by atoms with van der Waals surface area (Å²) in [4.78, 5) is 34.4. The van der Waals surface area contributed by atoms with E-state index < -0.39 is 4.92 Å². The molecule has 0 saturated heterocycles. The summed E-state index contributed by atoms with van der Waals surface area (Å²) >= 11 is 0. The van der Waals surface area contributed by atoms with Crippen molar-refractivity contribution >= 4 is 28.9 Å². The molecule has 0 unspecified atom stereocenters. The fourth-order valence-electron chi connectivity index (χ4n) is 2.42. The molecule has 0 fully saturated rings. The number of aryl methyl sites for hydroxylation is 1. The normalized spacial score (nSPS) is 10.5. The molecule has 0 atom stereocenters. The molecule has 2 aromatic rings. The van der Waals surface area contributed by atoms with E-state index in [1.807, 2.05) is 13.8 Å². The molecule has 2 N–H and O–H groups in total. The Bertz CT molecular complexity index is 829. The number of carbonyl (C=O) groups is 2. The van der Waals surface area contributed by atoms with E-state index in [-0.39, 0.29) is 23.4 Å². The van der Waals surface area contributed by atoms with Crippen LogP contribution < -0.4 is 10.6 Å². The molecule has 0 aliphatic heterocycles. The molecule has 0 bridgehead atoms. The molecule has 7 heteroatoms. The number of benzene rings is 2. The third kappa shape index (κ3) is 5.14. The van der Waals surface area contributed by atoms with Gasteiger partial charge < -0.3 is 10.6 Å². The van der Waals surface area contributed by atoms with Crippen LogP contribution in [0.25, 0.3) is 0 Å². The summed E-state index contributed by atoms with van der Waals surface area (Å²) in [6, 6.07) is 11.0. The Morgan fingerprint density at radius 1 is 1.04 bits per heavy atom. The van der Waals surface area contributed by atoms with Crippen molar-refractivity contribution in [3.05, 3.63) is 63.7 Å². The minimum absolute atomic E-state index is 0.0250. The molecule has 26 heavy (non-hydrogen) atoms. The Balaban J connectivity index is 2.02. The molecule has 7 nitrogen and oxygen atoms in total. The summed E-state index contributed by atoms with van der Waals surface area (Å²) in [7, 11) is 0. The summed E-state index contributed by atoms with van der Waals surface area (Å²) in [6.45, 7) is 5.53. The Morgan fingerprint density at radius 3 is 2.12 bits per heavy atom. The smallest absolute Gasteiger partial charge is 0.272 e. The third-order valence-corrected chi connectivity index (χ3v) is 3.68. The second-order valence-electron chi connectivity index (χ2n) is 6.44. The highest BCUT2D eigenvalue weighted by Crippen LogP contribution is 2.20. The highest BCUT2D eigenvalue weighted by molar-refractivity contribution is 6.04. The van der Waals surface area contributed by atoms with E-state index in [0.29, 0.717) is 28.9 Å². The number of hydrogen-bond acceptors (Lipinski definition) is 4. The Hall–Kier alpha value is -3.22. The van der Waals surface area contributed by atoms with Crippen molar-refractivity contribution in [2.24, 2.45) is 5.92 Å². The SMILES string of the molecule is Cc1cc(C(=O)Nc2ccc(NC(=O)CC(C)C)cc2)ccc1[N+](=O)[O-]. The first-order valence-corrected chi connectivity index (χ1v) is 8.22. The number of anilines is 2. The van der Waals surface area contributed by atoms with Crippen LogP contribution in [0, 0.1) is 23.0 Å². The van der Waals surface area contributed by atoms with E-state index in [9.17, 15) is 19.7 Å². The van der Waals surface area contributed by atoms with Crippen LogP contribution in [0.1, 0.15) is 36.2 Å². The van der Waals surface area contributed by atoms with Gasteiger partial charge >= 0.3 is 0 Å². The third-order valence-electron chi connectivity index (χ3n) is 3.68. The van der Waals surface area contributed by atoms with Gasteiger partial charge in [0.05, 0.1) is 4.92 Å². The summed E-state index contributed by atoms with van der Waals surface area (Å²) in [6.07, 6.45) is 0.442. The van der Waals surface area contributed by atoms with E-state index >= 15 is 0 Å². The molecule has 0 saturated carbocycles. The van der Waals surface area contributed by atoms with E-state index in [1.54, 1.807) is 31.2 Å². The number of nitrogens with one attached hydrogen (secondary N) is 2. The fourth-order valence-corrected chi connectivity index (χ4v) is 2.42. The van der Waals surface area contributed by atoms with Crippen molar-refractivity contribution in [1.29, 1.82) is 0 Å². The standard InChI is InChI=1S/C19H21N3O4/c1-12(2)10-18(23)20-15-5-7-16(8-6-15)21-19(24)14-4-9-17(22(25)26)13(3)11-14/h4-9,11-12H,10H2,1-3H3,(H,20,23)(H,21,24). The first-order valence-electron chi connectivity index (χ1n) is 8.22. The average Bonchev–Trinajstić information content (AvgIpc) is 2.55. The van der Waals surface area contributed by atoms with Gasteiger partial charge in [-0.25, -0.2) is 0 Å². The van der Waals surface area contributed by atoms with Crippen LogP contribution in [0.15, 0.2) is 42.5 Å². The Morgan fingerprint density at radius 2 is 1.62 bits per heavy atom. The maximum absolute atomic E-state index is 12.3. The molecule has 2 rings (SSSR count). The van der Waals surface area contributed by atoms with Crippen molar-refractivity contribution in [1.82, 2.24) is 0 Å². The minimum Gasteiger partial charge on any atom is -0.326 e. The molecular formula is C19H21N3O4. The maximum atomic E-state index is 12.3. The summed E-state index contributed by atoms with van der Waals surface area (Å²) in [5.74, 6) is -0.142. The van der Waals surface area contributed by atoms with E-state index in [0.717, 1.165) is 0 Å². The molecular weight excluding hydrogens is 334 g/mol. The van der Waals surface area contributed by atoms with Crippen LogP contribution in [0.2, 0.25) is 0 Å². The second-order valence-corrected chi connectivity index (χ2v) is 6.44. The molecule has 2 amide bonds. The van der Waals surface area contributed by atoms with Crippen LogP contribution in [0.5, 0.6) is 0 Å². The van der Waals surface area contributed by atoms with Gasteiger partial charge in [0.25, 0.3) is 11.6 Å². The highest BCUT2D eigenvalue weighted by atomic mass is 16.6. The first-order chi connectivity index (χ1) is 12.3. The monoisotopic (exact) mass is 355 g/mol. The van der Waals surface area contributed by atoms with Crippen LogP contribution in [-0.4, -0.2) is 16.7 Å².